The lowest BCUT2D eigenvalue weighted by molar-refractivity contribution is 1.25. The van der Waals surface area contributed by atoms with Gasteiger partial charge in [0.2, 0.25) is 0 Å². The summed E-state index contributed by atoms with van der Waals surface area (Å²) >= 11 is 3.49. The Labute approximate surface area is 102 Å². The molecule has 0 spiro atoms. The van der Waals surface area contributed by atoms with Crippen LogP contribution in [-0.2, 0) is 6.42 Å². The van der Waals surface area contributed by atoms with E-state index >= 15 is 0 Å². The first-order valence-electron chi connectivity index (χ1n) is 5.10. The predicted molar refractivity (Wildman–Crippen MR) is 67.1 cm³/mol. The Bertz CT molecular complexity index is 623. The molecule has 0 bridgehead atoms. The Morgan fingerprint density at radius 3 is 2.44 bits per heavy atom. The summed E-state index contributed by atoms with van der Waals surface area (Å²) in [5.41, 5.74) is 5.89. The SMILES string of the molecule is N#Cc1ccc2c(c1)Cc1cc(Br)ccc1-2. The number of fused-ring (bicyclic) bond motifs is 3. The van der Waals surface area contributed by atoms with Crippen molar-refractivity contribution in [3.8, 4) is 17.2 Å². The third kappa shape index (κ3) is 1.36. The number of benzene rings is 2. The van der Waals surface area contributed by atoms with Crippen LogP contribution in [0.15, 0.2) is 40.9 Å². The van der Waals surface area contributed by atoms with Gasteiger partial charge in [0.25, 0.3) is 0 Å². The second-order valence-corrected chi connectivity index (χ2v) is 4.88. The second-order valence-electron chi connectivity index (χ2n) is 3.96. The van der Waals surface area contributed by atoms with Crippen molar-refractivity contribution in [1.82, 2.24) is 0 Å². The molecular formula is C14H8BrN. The summed E-state index contributed by atoms with van der Waals surface area (Å²) in [4.78, 5) is 0. The molecule has 2 aromatic rings. The molecule has 0 saturated heterocycles. The largest absolute Gasteiger partial charge is 0.192 e. The van der Waals surface area contributed by atoms with Crippen LogP contribution < -0.4 is 0 Å². The maximum absolute atomic E-state index is 8.87. The Kier molecular flexibility index (Phi) is 2.08. The molecule has 0 unspecified atom stereocenters. The van der Waals surface area contributed by atoms with Gasteiger partial charge in [-0.1, -0.05) is 28.1 Å². The molecular weight excluding hydrogens is 262 g/mol. The van der Waals surface area contributed by atoms with Gasteiger partial charge in [0.15, 0.2) is 0 Å². The van der Waals surface area contributed by atoms with Gasteiger partial charge in [-0.2, -0.15) is 5.26 Å². The second kappa shape index (κ2) is 3.47. The van der Waals surface area contributed by atoms with Crippen molar-refractivity contribution in [2.75, 3.05) is 0 Å². The standard InChI is InChI=1S/C14H8BrN/c15-12-2-4-14-11(7-12)6-10-5-9(8-16)1-3-13(10)14/h1-5,7H,6H2. The number of nitriles is 1. The van der Waals surface area contributed by atoms with Crippen LogP contribution >= 0.6 is 15.9 Å². The van der Waals surface area contributed by atoms with Crippen molar-refractivity contribution in [3.63, 3.8) is 0 Å². The van der Waals surface area contributed by atoms with Crippen molar-refractivity contribution >= 4 is 15.9 Å². The summed E-state index contributed by atoms with van der Waals surface area (Å²) < 4.78 is 1.11. The molecule has 76 valence electrons. The van der Waals surface area contributed by atoms with E-state index < -0.39 is 0 Å². The quantitative estimate of drug-likeness (QED) is 0.608. The van der Waals surface area contributed by atoms with Gasteiger partial charge in [0.05, 0.1) is 11.6 Å². The van der Waals surface area contributed by atoms with Gasteiger partial charge in [-0.05, 0) is 52.9 Å². The van der Waals surface area contributed by atoms with Crippen LogP contribution in [-0.4, -0.2) is 0 Å². The molecule has 1 aliphatic rings. The van der Waals surface area contributed by atoms with E-state index in [9.17, 15) is 0 Å². The number of rotatable bonds is 0. The molecule has 2 heteroatoms. The Hall–Kier alpha value is -1.59. The zero-order chi connectivity index (χ0) is 11.1. The van der Waals surface area contributed by atoms with Crippen LogP contribution in [0.25, 0.3) is 11.1 Å². The van der Waals surface area contributed by atoms with Crippen molar-refractivity contribution in [3.05, 3.63) is 57.6 Å². The van der Waals surface area contributed by atoms with Crippen LogP contribution in [0.3, 0.4) is 0 Å². The highest BCUT2D eigenvalue weighted by atomic mass is 79.9. The molecule has 16 heavy (non-hydrogen) atoms. The third-order valence-corrected chi connectivity index (χ3v) is 3.47. The lowest BCUT2D eigenvalue weighted by Crippen LogP contribution is -1.82. The first kappa shape index (κ1) is 9.62. The molecule has 0 saturated carbocycles. The molecule has 3 rings (SSSR count). The van der Waals surface area contributed by atoms with Crippen LogP contribution in [0.5, 0.6) is 0 Å². The monoisotopic (exact) mass is 269 g/mol. The summed E-state index contributed by atoms with van der Waals surface area (Å²) in [6, 6.07) is 14.5. The Balaban J connectivity index is 2.21. The molecule has 0 heterocycles. The van der Waals surface area contributed by atoms with E-state index in [-0.39, 0.29) is 0 Å². The fourth-order valence-corrected chi connectivity index (χ4v) is 2.66. The highest BCUT2D eigenvalue weighted by Crippen LogP contribution is 2.38. The van der Waals surface area contributed by atoms with Crippen molar-refractivity contribution in [1.29, 1.82) is 5.26 Å². The predicted octanol–water partition coefficient (Wildman–Crippen LogP) is 3.89. The number of hydrogen-bond acceptors (Lipinski definition) is 1. The van der Waals surface area contributed by atoms with Gasteiger partial charge < -0.3 is 0 Å². The van der Waals surface area contributed by atoms with E-state index in [1.165, 1.54) is 22.3 Å². The van der Waals surface area contributed by atoms with Gasteiger partial charge in [0.1, 0.15) is 0 Å². The molecule has 0 fully saturated rings. The zero-order valence-electron chi connectivity index (χ0n) is 8.50. The average molecular weight is 270 g/mol. The zero-order valence-corrected chi connectivity index (χ0v) is 10.1. The minimum atomic E-state index is 0.741. The van der Waals surface area contributed by atoms with Crippen LogP contribution in [0.2, 0.25) is 0 Å². The Morgan fingerprint density at radius 2 is 1.69 bits per heavy atom. The molecule has 1 aliphatic carbocycles. The van der Waals surface area contributed by atoms with Crippen molar-refractivity contribution < 1.29 is 0 Å². The van der Waals surface area contributed by atoms with Gasteiger partial charge in [0, 0.05) is 4.47 Å². The number of halogens is 1. The molecule has 1 nitrogen and oxygen atoms in total. The fourth-order valence-electron chi connectivity index (χ4n) is 2.25. The van der Waals surface area contributed by atoms with Crippen LogP contribution in [0, 0.1) is 11.3 Å². The van der Waals surface area contributed by atoms with E-state index in [2.05, 4.69) is 40.2 Å². The van der Waals surface area contributed by atoms with Gasteiger partial charge in [-0.25, -0.2) is 0 Å². The van der Waals surface area contributed by atoms with Gasteiger partial charge in [-0.3, -0.25) is 0 Å². The van der Waals surface area contributed by atoms with E-state index in [1.807, 2.05) is 18.2 Å². The highest BCUT2D eigenvalue weighted by Gasteiger charge is 2.18. The summed E-state index contributed by atoms with van der Waals surface area (Å²) in [6.07, 6.45) is 0.930. The first-order chi connectivity index (χ1) is 7.78. The van der Waals surface area contributed by atoms with E-state index in [1.54, 1.807) is 0 Å². The minimum absolute atomic E-state index is 0.741. The summed E-state index contributed by atoms with van der Waals surface area (Å²) in [5.74, 6) is 0. The Morgan fingerprint density at radius 1 is 1.00 bits per heavy atom. The molecule has 0 atom stereocenters. The lowest BCUT2D eigenvalue weighted by atomic mass is 10.0. The summed E-state index contributed by atoms with van der Waals surface area (Å²) in [7, 11) is 0. The fraction of sp³-hybridized carbons (Fsp3) is 0.0714. The van der Waals surface area contributed by atoms with E-state index in [0.29, 0.717) is 0 Å². The normalized spacial score (nSPS) is 11.8. The molecule has 0 amide bonds. The van der Waals surface area contributed by atoms with Crippen LogP contribution in [0.1, 0.15) is 16.7 Å². The maximum atomic E-state index is 8.87. The molecule has 0 radical (unpaired) electrons. The van der Waals surface area contributed by atoms with Crippen LogP contribution in [0.4, 0.5) is 0 Å². The summed E-state index contributed by atoms with van der Waals surface area (Å²) in [6.45, 7) is 0. The van der Waals surface area contributed by atoms with Crippen molar-refractivity contribution in [2.24, 2.45) is 0 Å². The smallest absolute Gasteiger partial charge is 0.0991 e. The third-order valence-electron chi connectivity index (χ3n) is 2.97. The summed E-state index contributed by atoms with van der Waals surface area (Å²) in [5, 5.41) is 8.87. The topological polar surface area (TPSA) is 23.8 Å². The van der Waals surface area contributed by atoms with Gasteiger partial charge in [-0.15, -0.1) is 0 Å². The van der Waals surface area contributed by atoms with Crippen molar-refractivity contribution in [2.45, 2.75) is 6.42 Å². The average Bonchev–Trinajstić information content (AvgIpc) is 2.64. The number of hydrogen-bond donors (Lipinski definition) is 0. The highest BCUT2D eigenvalue weighted by molar-refractivity contribution is 9.10. The molecule has 2 aromatic carbocycles. The first-order valence-corrected chi connectivity index (χ1v) is 5.89. The molecule has 0 aliphatic heterocycles. The molecule has 0 aromatic heterocycles. The molecule has 0 N–H and O–H groups in total. The number of nitrogens with zero attached hydrogens (tertiary/aromatic N) is 1. The lowest BCUT2D eigenvalue weighted by Gasteiger charge is -2.00. The van der Waals surface area contributed by atoms with E-state index in [0.717, 1.165) is 16.5 Å². The van der Waals surface area contributed by atoms with E-state index in [4.69, 9.17) is 5.26 Å². The van der Waals surface area contributed by atoms with Gasteiger partial charge >= 0.3 is 0 Å². The minimum Gasteiger partial charge on any atom is -0.192 e. The maximum Gasteiger partial charge on any atom is 0.0991 e.